The fourth-order valence-electron chi connectivity index (χ4n) is 2.12. The molecule has 7 heteroatoms. The van der Waals surface area contributed by atoms with Crippen LogP contribution in [0.5, 0.6) is 0 Å². The highest BCUT2D eigenvalue weighted by atomic mass is 79.9. The quantitative estimate of drug-likeness (QED) is 0.761. The lowest BCUT2D eigenvalue weighted by Crippen LogP contribution is -2.27. The number of aromatic nitrogens is 3. The molecule has 2 aromatic heterocycles. The number of aromatic amines is 1. The number of hydrogen-bond donors (Lipinski definition) is 2. The standard InChI is InChI=1S/C14H13BrN4O2/c1-7-3-9-5-11(21-12(9)10(15)4-7)14(20)18-8(2)13-16-6-17-19-13/h3-6,8H,1-2H3,(H,18,20)(H,16,17,19)/t8-/m0/s1. The molecule has 0 bridgehead atoms. The molecule has 0 aliphatic rings. The minimum atomic E-state index is -0.292. The van der Waals surface area contributed by atoms with Gasteiger partial charge in [0.05, 0.1) is 10.5 Å². The van der Waals surface area contributed by atoms with Crippen molar-refractivity contribution in [2.24, 2.45) is 0 Å². The summed E-state index contributed by atoms with van der Waals surface area (Å²) in [4.78, 5) is 16.2. The number of carbonyl (C=O) groups excluding carboxylic acids is 1. The first-order valence-corrected chi connectivity index (χ1v) is 7.19. The Bertz CT molecular complexity index is 795. The third kappa shape index (κ3) is 2.69. The van der Waals surface area contributed by atoms with Gasteiger partial charge in [0.1, 0.15) is 17.7 Å². The second-order valence-corrected chi connectivity index (χ2v) is 5.70. The van der Waals surface area contributed by atoms with Crippen LogP contribution in [0.2, 0.25) is 0 Å². The lowest BCUT2D eigenvalue weighted by molar-refractivity contribution is 0.0912. The molecule has 3 aromatic rings. The smallest absolute Gasteiger partial charge is 0.287 e. The van der Waals surface area contributed by atoms with Gasteiger partial charge >= 0.3 is 0 Å². The Morgan fingerprint density at radius 1 is 1.43 bits per heavy atom. The van der Waals surface area contributed by atoms with Gasteiger partial charge in [-0.1, -0.05) is 0 Å². The zero-order valence-electron chi connectivity index (χ0n) is 11.5. The number of nitrogens with zero attached hydrogens (tertiary/aromatic N) is 2. The van der Waals surface area contributed by atoms with Crippen molar-refractivity contribution in [1.29, 1.82) is 0 Å². The maximum atomic E-state index is 12.2. The summed E-state index contributed by atoms with van der Waals surface area (Å²) in [5.74, 6) is 0.568. The second-order valence-electron chi connectivity index (χ2n) is 4.84. The summed E-state index contributed by atoms with van der Waals surface area (Å²) >= 11 is 3.44. The molecule has 0 spiro atoms. The fraction of sp³-hybridized carbons (Fsp3) is 0.214. The van der Waals surface area contributed by atoms with E-state index in [4.69, 9.17) is 4.42 Å². The SMILES string of the molecule is Cc1cc(Br)c2oc(C(=O)N[C@@H](C)c3ncn[nH]3)cc2c1. The number of amides is 1. The van der Waals surface area contributed by atoms with E-state index in [1.54, 1.807) is 6.07 Å². The summed E-state index contributed by atoms with van der Waals surface area (Å²) in [5, 5.41) is 10.2. The van der Waals surface area contributed by atoms with Gasteiger partial charge in [-0.25, -0.2) is 4.98 Å². The number of benzene rings is 1. The van der Waals surface area contributed by atoms with Crippen molar-refractivity contribution in [3.05, 3.63) is 46.1 Å². The van der Waals surface area contributed by atoms with Crippen molar-refractivity contribution in [3.63, 3.8) is 0 Å². The molecule has 6 nitrogen and oxygen atoms in total. The number of hydrogen-bond acceptors (Lipinski definition) is 4. The van der Waals surface area contributed by atoms with Gasteiger partial charge in [-0.05, 0) is 53.5 Å². The molecule has 0 saturated carbocycles. The molecule has 21 heavy (non-hydrogen) atoms. The molecular weight excluding hydrogens is 336 g/mol. The van der Waals surface area contributed by atoms with E-state index in [0.717, 1.165) is 15.4 Å². The predicted molar refractivity (Wildman–Crippen MR) is 80.9 cm³/mol. The number of aryl methyl sites for hydroxylation is 1. The van der Waals surface area contributed by atoms with Crippen LogP contribution in [0.15, 0.2) is 33.4 Å². The van der Waals surface area contributed by atoms with E-state index in [1.165, 1.54) is 6.33 Å². The number of carbonyl (C=O) groups is 1. The van der Waals surface area contributed by atoms with Crippen molar-refractivity contribution in [2.45, 2.75) is 19.9 Å². The van der Waals surface area contributed by atoms with Gasteiger partial charge in [0.15, 0.2) is 5.76 Å². The van der Waals surface area contributed by atoms with Gasteiger partial charge in [-0.2, -0.15) is 5.10 Å². The van der Waals surface area contributed by atoms with E-state index in [1.807, 2.05) is 26.0 Å². The summed E-state index contributed by atoms with van der Waals surface area (Å²) in [5.41, 5.74) is 1.76. The molecule has 0 radical (unpaired) electrons. The average molecular weight is 349 g/mol. The molecule has 3 rings (SSSR count). The molecule has 2 N–H and O–H groups in total. The summed E-state index contributed by atoms with van der Waals surface area (Å²) in [7, 11) is 0. The van der Waals surface area contributed by atoms with Crippen LogP contribution >= 0.6 is 15.9 Å². The third-order valence-corrected chi connectivity index (χ3v) is 3.72. The largest absolute Gasteiger partial charge is 0.450 e. The maximum absolute atomic E-state index is 12.2. The Balaban J connectivity index is 1.86. The molecule has 0 aliphatic heterocycles. The highest BCUT2D eigenvalue weighted by molar-refractivity contribution is 9.10. The number of furan rings is 1. The zero-order valence-corrected chi connectivity index (χ0v) is 13.1. The van der Waals surface area contributed by atoms with Crippen molar-refractivity contribution in [2.75, 3.05) is 0 Å². The monoisotopic (exact) mass is 348 g/mol. The normalized spacial score (nSPS) is 12.5. The van der Waals surface area contributed by atoms with Crippen molar-refractivity contribution < 1.29 is 9.21 Å². The molecule has 1 atom stereocenters. The number of nitrogens with one attached hydrogen (secondary N) is 2. The zero-order chi connectivity index (χ0) is 15.0. The topological polar surface area (TPSA) is 83.8 Å². The Kier molecular flexibility index (Phi) is 3.50. The van der Waals surface area contributed by atoms with E-state index >= 15 is 0 Å². The first-order valence-electron chi connectivity index (χ1n) is 6.40. The van der Waals surface area contributed by atoms with Crippen LogP contribution in [-0.2, 0) is 0 Å². The lowest BCUT2D eigenvalue weighted by Gasteiger charge is -2.08. The van der Waals surface area contributed by atoms with Crippen molar-refractivity contribution in [1.82, 2.24) is 20.5 Å². The summed E-state index contributed by atoms with van der Waals surface area (Å²) < 4.78 is 6.46. The van der Waals surface area contributed by atoms with E-state index in [2.05, 4.69) is 36.4 Å². The average Bonchev–Trinajstić information content (AvgIpc) is 3.07. The van der Waals surface area contributed by atoms with Crippen molar-refractivity contribution >= 4 is 32.8 Å². The number of H-pyrrole nitrogens is 1. The van der Waals surface area contributed by atoms with Crippen LogP contribution in [0.1, 0.15) is 34.9 Å². The number of fused-ring (bicyclic) bond motifs is 1. The molecule has 0 unspecified atom stereocenters. The molecule has 108 valence electrons. The molecule has 1 amide bonds. The van der Waals surface area contributed by atoms with Gasteiger partial charge in [0.25, 0.3) is 5.91 Å². The van der Waals surface area contributed by atoms with Gasteiger partial charge in [0.2, 0.25) is 0 Å². The van der Waals surface area contributed by atoms with Crippen molar-refractivity contribution in [3.8, 4) is 0 Å². The lowest BCUT2D eigenvalue weighted by atomic mass is 10.2. The minimum Gasteiger partial charge on any atom is -0.450 e. The minimum absolute atomic E-state index is 0.266. The molecular formula is C14H13BrN4O2. The van der Waals surface area contributed by atoms with Gasteiger partial charge in [-0.15, -0.1) is 0 Å². The maximum Gasteiger partial charge on any atom is 0.287 e. The molecule has 0 saturated heterocycles. The van der Waals surface area contributed by atoms with Gasteiger partial charge in [-0.3, -0.25) is 9.89 Å². The first-order chi connectivity index (χ1) is 10.0. The van der Waals surface area contributed by atoms with Crippen LogP contribution < -0.4 is 5.32 Å². The molecule has 0 fully saturated rings. The molecule has 1 aromatic carbocycles. The van der Waals surface area contributed by atoms with Crippen LogP contribution in [-0.4, -0.2) is 21.1 Å². The highest BCUT2D eigenvalue weighted by Crippen LogP contribution is 2.28. The van der Waals surface area contributed by atoms with Crippen LogP contribution in [0, 0.1) is 6.92 Å². The van der Waals surface area contributed by atoms with Crippen LogP contribution in [0.3, 0.4) is 0 Å². The predicted octanol–water partition coefficient (Wildman–Crippen LogP) is 3.11. The third-order valence-electron chi connectivity index (χ3n) is 3.13. The Labute approximate surface area is 129 Å². The highest BCUT2D eigenvalue weighted by Gasteiger charge is 2.18. The van der Waals surface area contributed by atoms with E-state index in [9.17, 15) is 4.79 Å². The van der Waals surface area contributed by atoms with Crippen LogP contribution in [0.4, 0.5) is 0 Å². The second kappa shape index (κ2) is 5.33. The molecule has 0 aliphatic carbocycles. The fourth-order valence-corrected chi connectivity index (χ4v) is 2.79. The molecule has 2 heterocycles. The summed E-state index contributed by atoms with van der Waals surface area (Å²) in [6.07, 6.45) is 1.40. The van der Waals surface area contributed by atoms with E-state index < -0.39 is 0 Å². The summed E-state index contributed by atoms with van der Waals surface area (Å²) in [6, 6.07) is 5.37. The Morgan fingerprint density at radius 3 is 2.95 bits per heavy atom. The Morgan fingerprint density at radius 2 is 2.24 bits per heavy atom. The first kappa shape index (κ1) is 13.8. The number of halogens is 1. The number of rotatable bonds is 3. The van der Waals surface area contributed by atoms with E-state index in [0.29, 0.717) is 11.4 Å². The Hall–Kier alpha value is -2.15. The van der Waals surface area contributed by atoms with E-state index in [-0.39, 0.29) is 17.7 Å². The van der Waals surface area contributed by atoms with Gasteiger partial charge < -0.3 is 9.73 Å². The summed E-state index contributed by atoms with van der Waals surface area (Å²) in [6.45, 7) is 3.81. The van der Waals surface area contributed by atoms with Crippen LogP contribution in [0.25, 0.3) is 11.0 Å². The van der Waals surface area contributed by atoms with Gasteiger partial charge in [0, 0.05) is 5.39 Å².